The van der Waals surface area contributed by atoms with Crippen molar-refractivity contribution in [1.29, 1.82) is 0 Å². The molecule has 7 nitrogen and oxygen atoms in total. The molecular weight excluding hydrogens is 444 g/mol. The fraction of sp³-hybridized carbons (Fsp3) is 0.464. The second kappa shape index (κ2) is 9.36. The number of piperidine rings is 1. The van der Waals surface area contributed by atoms with Crippen LogP contribution in [0.15, 0.2) is 48.5 Å². The Bertz CT molecular complexity index is 1100. The van der Waals surface area contributed by atoms with Crippen molar-refractivity contribution in [1.82, 2.24) is 10.2 Å². The highest BCUT2D eigenvalue weighted by Crippen LogP contribution is 2.54. The van der Waals surface area contributed by atoms with E-state index in [1.807, 2.05) is 31.2 Å². The molecule has 3 aliphatic rings. The van der Waals surface area contributed by atoms with Crippen LogP contribution in [0.25, 0.3) is 11.1 Å². The first-order valence-corrected chi connectivity index (χ1v) is 12.6. The van der Waals surface area contributed by atoms with Gasteiger partial charge in [-0.2, -0.15) is 0 Å². The van der Waals surface area contributed by atoms with E-state index in [1.165, 1.54) is 11.1 Å². The van der Waals surface area contributed by atoms with Crippen molar-refractivity contribution in [3.8, 4) is 11.1 Å². The number of carboxylic acid groups (broad SMARTS) is 1. The highest BCUT2D eigenvalue weighted by molar-refractivity contribution is 5.91. The van der Waals surface area contributed by atoms with Crippen molar-refractivity contribution in [2.45, 2.75) is 62.9 Å². The Morgan fingerprint density at radius 3 is 2.40 bits per heavy atom. The predicted molar refractivity (Wildman–Crippen MR) is 131 cm³/mol. The largest absolute Gasteiger partial charge is 0.479 e. The summed E-state index contributed by atoms with van der Waals surface area (Å²) in [7, 11) is 0. The zero-order valence-electron chi connectivity index (χ0n) is 20.0. The van der Waals surface area contributed by atoms with E-state index >= 15 is 0 Å². The van der Waals surface area contributed by atoms with E-state index < -0.39 is 23.6 Å². The zero-order chi connectivity index (χ0) is 24.6. The standard InChI is InChI=1S/C28H32N2O5/c1-2-8-19(15-25(31)30-14-7-9-18-16-28(18,30)26(32)33)29-27(34)35-17-24-22-12-5-3-10-20(22)21-11-4-6-13-23(21)24/h3-6,10-13,18-19,24H,2,7-9,14-17H2,1H3,(H,29,34)(H,32,33)/t18-,19-,28+/m0/s1. The first-order chi connectivity index (χ1) is 17.0. The molecule has 2 aromatic rings. The summed E-state index contributed by atoms with van der Waals surface area (Å²) in [5.41, 5.74) is 3.59. The number of fused-ring (bicyclic) bond motifs is 4. The lowest BCUT2D eigenvalue weighted by Crippen LogP contribution is -2.52. The summed E-state index contributed by atoms with van der Waals surface area (Å²) in [5, 5.41) is 12.6. The van der Waals surface area contributed by atoms with Gasteiger partial charge in [0, 0.05) is 24.9 Å². The van der Waals surface area contributed by atoms with Crippen molar-refractivity contribution in [2.75, 3.05) is 13.2 Å². The molecule has 1 heterocycles. The maximum atomic E-state index is 13.1. The topological polar surface area (TPSA) is 95.9 Å². The van der Waals surface area contributed by atoms with Gasteiger partial charge in [-0.3, -0.25) is 4.79 Å². The monoisotopic (exact) mass is 476 g/mol. The highest BCUT2D eigenvalue weighted by atomic mass is 16.5. The Balaban J connectivity index is 1.22. The van der Waals surface area contributed by atoms with Crippen molar-refractivity contribution in [3.05, 3.63) is 59.7 Å². The molecule has 0 spiro atoms. The van der Waals surface area contributed by atoms with Crippen molar-refractivity contribution < 1.29 is 24.2 Å². The summed E-state index contributed by atoms with van der Waals surface area (Å²) in [6.07, 6.45) is 3.15. The van der Waals surface area contributed by atoms with Crippen LogP contribution in [0, 0.1) is 5.92 Å². The molecule has 2 aliphatic carbocycles. The third-order valence-electron chi connectivity index (χ3n) is 7.88. The van der Waals surface area contributed by atoms with Crippen molar-refractivity contribution in [3.63, 3.8) is 0 Å². The summed E-state index contributed by atoms with van der Waals surface area (Å²) in [6, 6.07) is 15.9. The van der Waals surface area contributed by atoms with Crippen LogP contribution in [0.2, 0.25) is 0 Å². The third-order valence-corrected chi connectivity index (χ3v) is 7.88. The number of hydrogen-bond acceptors (Lipinski definition) is 4. The van der Waals surface area contributed by atoms with E-state index in [0.29, 0.717) is 19.4 Å². The average molecular weight is 477 g/mol. The summed E-state index contributed by atoms with van der Waals surface area (Å²) in [4.78, 5) is 39.4. The molecule has 1 aliphatic heterocycles. The van der Waals surface area contributed by atoms with Gasteiger partial charge in [0.15, 0.2) is 0 Å². The maximum absolute atomic E-state index is 13.1. The molecule has 1 saturated carbocycles. The Hall–Kier alpha value is -3.35. The number of benzene rings is 2. The molecule has 2 fully saturated rings. The predicted octanol–water partition coefficient (Wildman–Crippen LogP) is 4.55. The van der Waals surface area contributed by atoms with Gasteiger partial charge in [-0.25, -0.2) is 9.59 Å². The molecule has 2 amide bonds. The quantitative estimate of drug-likeness (QED) is 0.583. The number of alkyl carbamates (subject to hydrolysis) is 1. The minimum Gasteiger partial charge on any atom is -0.479 e. The van der Waals surface area contributed by atoms with Crippen molar-refractivity contribution in [2.24, 2.45) is 5.92 Å². The fourth-order valence-electron chi connectivity index (χ4n) is 6.11. The third kappa shape index (κ3) is 4.17. The lowest BCUT2D eigenvalue weighted by Gasteiger charge is -2.34. The number of ether oxygens (including phenoxy) is 1. The Kier molecular flexibility index (Phi) is 6.26. The number of likely N-dealkylation sites (tertiary alicyclic amines) is 1. The first kappa shape index (κ1) is 23.4. The van der Waals surface area contributed by atoms with Gasteiger partial charge in [0.1, 0.15) is 12.1 Å². The number of carbonyl (C=O) groups excluding carboxylic acids is 2. The summed E-state index contributed by atoms with van der Waals surface area (Å²) < 4.78 is 5.66. The van der Waals surface area contributed by atoms with E-state index in [0.717, 1.165) is 30.4 Å². The molecule has 0 radical (unpaired) electrons. The first-order valence-electron chi connectivity index (χ1n) is 12.6. The number of aliphatic carboxylic acids is 1. The molecule has 2 N–H and O–H groups in total. The summed E-state index contributed by atoms with van der Waals surface area (Å²) in [5.74, 6) is -1.09. The minimum atomic E-state index is -1.03. The number of hydrogen-bond donors (Lipinski definition) is 2. The van der Waals surface area contributed by atoms with Crippen LogP contribution >= 0.6 is 0 Å². The molecule has 3 atom stereocenters. The minimum absolute atomic E-state index is 0.0324. The smallest absolute Gasteiger partial charge is 0.407 e. The van der Waals surface area contributed by atoms with E-state index in [9.17, 15) is 19.5 Å². The van der Waals surface area contributed by atoms with Gasteiger partial charge in [0.05, 0.1) is 0 Å². The number of carboxylic acids is 1. The van der Waals surface area contributed by atoms with Crippen LogP contribution in [-0.2, 0) is 14.3 Å². The van der Waals surface area contributed by atoms with Crippen molar-refractivity contribution >= 4 is 18.0 Å². The van der Waals surface area contributed by atoms with E-state index in [1.54, 1.807) is 4.90 Å². The van der Waals surface area contributed by atoms with Gasteiger partial charge in [0.2, 0.25) is 5.91 Å². The molecule has 7 heteroatoms. The van der Waals surface area contributed by atoms with Gasteiger partial charge in [0.25, 0.3) is 0 Å². The summed E-state index contributed by atoms with van der Waals surface area (Å²) >= 11 is 0. The van der Waals surface area contributed by atoms with E-state index in [4.69, 9.17) is 4.74 Å². The normalized spacial score (nSPS) is 23.0. The van der Waals surface area contributed by atoms with E-state index in [-0.39, 0.29) is 30.8 Å². The zero-order valence-corrected chi connectivity index (χ0v) is 20.0. The average Bonchev–Trinajstić information content (AvgIpc) is 3.54. The molecular formula is C28H32N2O5. The number of nitrogens with zero attached hydrogens (tertiary/aromatic N) is 1. The molecule has 1 saturated heterocycles. The van der Waals surface area contributed by atoms with Gasteiger partial charge in [-0.05, 0) is 53.9 Å². The lowest BCUT2D eigenvalue weighted by atomic mass is 9.98. The van der Waals surface area contributed by atoms with Crippen LogP contribution in [-0.4, -0.2) is 52.7 Å². The van der Waals surface area contributed by atoms with Crippen LogP contribution < -0.4 is 5.32 Å². The molecule has 184 valence electrons. The van der Waals surface area contributed by atoms with Crippen LogP contribution in [0.3, 0.4) is 0 Å². The Morgan fingerprint density at radius 1 is 1.11 bits per heavy atom. The molecule has 0 aromatic heterocycles. The molecule has 0 bridgehead atoms. The Labute approximate surface area is 205 Å². The van der Waals surface area contributed by atoms with Gasteiger partial charge in [-0.15, -0.1) is 0 Å². The number of carbonyl (C=O) groups is 3. The van der Waals surface area contributed by atoms with E-state index in [2.05, 4.69) is 29.6 Å². The van der Waals surface area contributed by atoms with Gasteiger partial charge < -0.3 is 20.1 Å². The number of nitrogens with one attached hydrogen (secondary N) is 1. The van der Waals surface area contributed by atoms with Crippen LogP contribution in [0.4, 0.5) is 4.79 Å². The maximum Gasteiger partial charge on any atom is 0.407 e. The van der Waals surface area contributed by atoms with Crippen LogP contribution in [0.5, 0.6) is 0 Å². The second-order valence-electron chi connectivity index (χ2n) is 9.98. The molecule has 2 aromatic carbocycles. The van der Waals surface area contributed by atoms with Crippen LogP contribution in [0.1, 0.15) is 62.5 Å². The summed E-state index contributed by atoms with van der Waals surface area (Å²) in [6.45, 7) is 2.67. The SMILES string of the molecule is CCC[C@@H](CC(=O)N1CCC[C@H]2C[C@]21C(=O)O)NC(=O)OCC1c2ccccc2-c2ccccc21. The second-order valence-corrected chi connectivity index (χ2v) is 9.98. The Morgan fingerprint density at radius 2 is 1.77 bits per heavy atom. The fourth-order valence-corrected chi connectivity index (χ4v) is 6.11. The highest BCUT2D eigenvalue weighted by Gasteiger charge is 2.66. The van der Waals surface area contributed by atoms with Gasteiger partial charge >= 0.3 is 12.1 Å². The number of rotatable bonds is 8. The van der Waals surface area contributed by atoms with Gasteiger partial charge in [-0.1, -0.05) is 61.9 Å². The molecule has 0 unspecified atom stereocenters. The molecule has 5 rings (SSSR count). The number of amides is 2. The lowest BCUT2D eigenvalue weighted by molar-refractivity contribution is -0.154. The molecule has 35 heavy (non-hydrogen) atoms.